The summed E-state index contributed by atoms with van der Waals surface area (Å²) in [5.41, 5.74) is -1.02. The third kappa shape index (κ3) is 3.34. The molecule has 0 atom stereocenters. The molecule has 2 rings (SSSR count). The van der Waals surface area contributed by atoms with Crippen LogP contribution in [0.3, 0.4) is 0 Å². The molecule has 0 radical (unpaired) electrons. The second-order valence-corrected chi connectivity index (χ2v) is 6.62. The van der Waals surface area contributed by atoms with E-state index in [1.807, 2.05) is 0 Å². The predicted octanol–water partition coefficient (Wildman–Crippen LogP) is 0.587. The zero-order chi connectivity index (χ0) is 15.7. The molecule has 3 N–H and O–H groups in total. The minimum Gasteiger partial charge on any atom is -0.493 e. The fraction of sp³-hybridized carbons (Fsp3) is 0.462. The number of nitrogens with one attached hydrogen (secondary N) is 1. The monoisotopic (exact) mass is 315 g/mol. The van der Waals surface area contributed by atoms with E-state index in [0.29, 0.717) is 12.8 Å². The summed E-state index contributed by atoms with van der Waals surface area (Å²) in [7, 11) is -3.88. The van der Waals surface area contributed by atoms with Crippen molar-refractivity contribution >= 4 is 16.0 Å². The van der Waals surface area contributed by atoms with Gasteiger partial charge in [0.1, 0.15) is 11.3 Å². The number of ether oxygens (including phenoxy) is 1. The second kappa shape index (κ2) is 5.63. The van der Waals surface area contributed by atoms with Crippen LogP contribution in [-0.2, 0) is 10.0 Å². The van der Waals surface area contributed by atoms with E-state index in [1.165, 1.54) is 12.1 Å². The summed E-state index contributed by atoms with van der Waals surface area (Å²) in [6, 6.07) is 3.66. The molecular formula is C13H17NO6S. The van der Waals surface area contributed by atoms with Gasteiger partial charge in [0.2, 0.25) is 10.0 Å². The van der Waals surface area contributed by atoms with E-state index < -0.39 is 21.5 Å². The molecule has 0 aliphatic heterocycles. The van der Waals surface area contributed by atoms with Crippen molar-refractivity contribution in [2.75, 3.05) is 13.2 Å². The van der Waals surface area contributed by atoms with Gasteiger partial charge in [0, 0.05) is 0 Å². The third-order valence-corrected chi connectivity index (χ3v) is 4.87. The molecular weight excluding hydrogens is 298 g/mol. The molecule has 0 aromatic heterocycles. The van der Waals surface area contributed by atoms with E-state index in [1.54, 1.807) is 6.92 Å². The van der Waals surface area contributed by atoms with Crippen LogP contribution in [0.15, 0.2) is 23.1 Å². The molecule has 0 saturated heterocycles. The standard InChI is InChI=1S/C13H17NO6S/c1-2-20-11-4-3-9(7-10(11)12(16)17)21(18,19)14-13(8-15)5-6-13/h3-4,7,14-15H,2,5-6,8H2,1H3,(H,16,17). The smallest absolute Gasteiger partial charge is 0.339 e. The number of hydrogen-bond acceptors (Lipinski definition) is 5. The van der Waals surface area contributed by atoms with E-state index in [2.05, 4.69) is 4.72 Å². The van der Waals surface area contributed by atoms with Gasteiger partial charge < -0.3 is 14.9 Å². The molecule has 1 aromatic carbocycles. The first-order valence-electron chi connectivity index (χ1n) is 6.48. The van der Waals surface area contributed by atoms with Crippen molar-refractivity contribution in [3.05, 3.63) is 23.8 Å². The van der Waals surface area contributed by atoms with Crippen LogP contribution in [-0.4, -0.2) is 43.4 Å². The van der Waals surface area contributed by atoms with Crippen LogP contribution < -0.4 is 9.46 Å². The third-order valence-electron chi connectivity index (χ3n) is 3.30. The highest BCUT2D eigenvalue weighted by atomic mass is 32.2. The Morgan fingerprint density at radius 1 is 1.43 bits per heavy atom. The van der Waals surface area contributed by atoms with Gasteiger partial charge in [-0.25, -0.2) is 17.9 Å². The van der Waals surface area contributed by atoms with Crippen LogP contribution in [0.25, 0.3) is 0 Å². The van der Waals surface area contributed by atoms with Gasteiger partial charge in [-0.1, -0.05) is 0 Å². The number of hydrogen-bond donors (Lipinski definition) is 3. The number of carboxylic acid groups (broad SMARTS) is 1. The van der Waals surface area contributed by atoms with Crippen LogP contribution in [0.2, 0.25) is 0 Å². The maximum atomic E-state index is 12.2. The molecule has 1 fully saturated rings. The first kappa shape index (κ1) is 15.7. The van der Waals surface area contributed by atoms with Crippen molar-refractivity contribution < 1.29 is 28.2 Å². The Morgan fingerprint density at radius 2 is 2.10 bits per heavy atom. The number of benzene rings is 1. The van der Waals surface area contributed by atoms with E-state index in [0.717, 1.165) is 6.07 Å². The van der Waals surface area contributed by atoms with Gasteiger partial charge in [-0.2, -0.15) is 0 Å². The number of carbonyl (C=O) groups is 1. The molecule has 0 bridgehead atoms. The fourth-order valence-electron chi connectivity index (χ4n) is 1.91. The minimum atomic E-state index is -3.88. The maximum Gasteiger partial charge on any atom is 0.339 e. The largest absolute Gasteiger partial charge is 0.493 e. The number of carboxylic acids is 1. The average Bonchev–Trinajstić information content (AvgIpc) is 3.18. The lowest BCUT2D eigenvalue weighted by molar-refractivity contribution is 0.0692. The van der Waals surface area contributed by atoms with Crippen molar-refractivity contribution in [3.63, 3.8) is 0 Å². The lowest BCUT2D eigenvalue weighted by Gasteiger charge is -2.15. The van der Waals surface area contributed by atoms with E-state index in [4.69, 9.17) is 9.84 Å². The van der Waals surface area contributed by atoms with Crippen LogP contribution in [0.1, 0.15) is 30.1 Å². The molecule has 21 heavy (non-hydrogen) atoms. The number of aliphatic hydroxyl groups excluding tert-OH is 1. The molecule has 7 nitrogen and oxygen atoms in total. The summed E-state index contributed by atoms with van der Waals surface area (Å²) in [5.74, 6) is -1.15. The Labute approximate surface area is 122 Å². The van der Waals surface area contributed by atoms with Crippen molar-refractivity contribution in [2.24, 2.45) is 0 Å². The zero-order valence-corrected chi connectivity index (χ0v) is 12.3. The summed E-state index contributed by atoms with van der Waals surface area (Å²) < 4.78 is 32.0. The SMILES string of the molecule is CCOc1ccc(S(=O)(=O)NC2(CO)CC2)cc1C(=O)O. The summed E-state index contributed by atoms with van der Waals surface area (Å²) in [6.07, 6.45) is 1.12. The predicted molar refractivity (Wildman–Crippen MR) is 73.9 cm³/mol. The Hall–Kier alpha value is -1.64. The topological polar surface area (TPSA) is 113 Å². The van der Waals surface area contributed by atoms with E-state index in [9.17, 15) is 18.3 Å². The average molecular weight is 315 g/mol. The van der Waals surface area contributed by atoms with Crippen molar-refractivity contribution in [1.29, 1.82) is 0 Å². The molecule has 1 saturated carbocycles. The van der Waals surface area contributed by atoms with Crippen molar-refractivity contribution in [1.82, 2.24) is 4.72 Å². The number of aromatic carboxylic acids is 1. The lowest BCUT2D eigenvalue weighted by Crippen LogP contribution is -2.39. The molecule has 0 heterocycles. The summed E-state index contributed by atoms with van der Waals surface area (Å²) in [6.45, 7) is 1.70. The molecule has 8 heteroatoms. The zero-order valence-electron chi connectivity index (χ0n) is 11.5. The van der Waals surface area contributed by atoms with E-state index in [-0.39, 0.29) is 29.4 Å². The summed E-state index contributed by atoms with van der Waals surface area (Å²) in [4.78, 5) is 11.0. The number of rotatable bonds is 7. The summed E-state index contributed by atoms with van der Waals surface area (Å²) in [5, 5.41) is 18.3. The Balaban J connectivity index is 2.35. The highest BCUT2D eigenvalue weighted by Gasteiger charge is 2.45. The van der Waals surface area contributed by atoms with Gasteiger partial charge in [-0.15, -0.1) is 0 Å². The lowest BCUT2D eigenvalue weighted by atomic mass is 10.2. The number of aliphatic hydroxyl groups is 1. The normalized spacial score (nSPS) is 16.5. The van der Waals surface area contributed by atoms with Crippen LogP contribution in [0.5, 0.6) is 5.75 Å². The first-order chi connectivity index (χ1) is 9.83. The van der Waals surface area contributed by atoms with E-state index >= 15 is 0 Å². The minimum absolute atomic E-state index is 0.118. The molecule has 0 amide bonds. The Morgan fingerprint density at radius 3 is 2.57 bits per heavy atom. The van der Waals surface area contributed by atoms with Crippen molar-refractivity contribution in [3.8, 4) is 5.75 Å². The molecule has 116 valence electrons. The van der Waals surface area contributed by atoms with Crippen molar-refractivity contribution in [2.45, 2.75) is 30.2 Å². The molecule has 0 spiro atoms. The summed E-state index contributed by atoms with van der Waals surface area (Å²) >= 11 is 0. The Kier molecular flexibility index (Phi) is 4.22. The van der Waals surface area contributed by atoms with Gasteiger partial charge >= 0.3 is 5.97 Å². The second-order valence-electron chi connectivity index (χ2n) is 4.94. The van der Waals surface area contributed by atoms with Gasteiger partial charge in [0.25, 0.3) is 0 Å². The fourth-order valence-corrected chi connectivity index (χ4v) is 3.39. The number of sulfonamides is 1. The highest BCUT2D eigenvalue weighted by molar-refractivity contribution is 7.89. The molecule has 1 aromatic rings. The molecule has 1 aliphatic carbocycles. The van der Waals surface area contributed by atoms with Gasteiger partial charge in [-0.3, -0.25) is 0 Å². The van der Waals surface area contributed by atoms with Crippen LogP contribution in [0.4, 0.5) is 0 Å². The Bertz CT molecular complexity index is 651. The molecule has 1 aliphatic rings. The van der Waals surface area contributed by atoms with Crippen LogP contribution in [0, 0.1) is 0 Å². The van der Waals surface area contributed by atoms with Gasteiger partial charge in [0.05, 0.1) is 23.6 Å². The van der Waals surface area contributed by atoms with Gasteiger partial charge in [-0.05, 0) is 38.0 Å². The quantitative estimate of drug-likeness (QED) is 0.678. The highest BCUT2D eigenvalue weighted by Crippen LogP contribution is 2.36. The first-order valence-corrected chi connectivity index (χ1v) is 7.97. The van der Waals surface area contributed by atoms with Gasteiger partial charge in [0.15, 0.2) is 0 Å². The molecule has 0 unspecified atom stereocenters. The van der Waals surface area contributed by atoms with Crippen LogP contribution >= 0.6 is 0 Å². The maximum absolute atomic E-state index is 12.2.